The van der Waals surface area contributed by atoms with E-state index in [0.717, 1.165) is 25.9 Å². The van der Waals surface area contributed by atoms with Crippen molar-refractivity contribution in [3.8, 4) is 0 Å². The van der Waals surface area contributed by atoms with E-state index in [2.05, 4.69) is 41.4 Å². The second-order valence-electron chi connectivity index (χ2n) is 7.64. The van der Waals surface area contributed by atoms with Crippen molar-refractivity contribution in [2.75, 3.05) is 20.1 Å². The van der Waals surface area contributed by atoms with Gasteiger partial charge in [0.15, 0.2) is 0 Å². The Morgan fingerprint density at radius 1 is 1.38 bits per heavy atom. The van der Waals surface area contributed by atoms with Crippen molar-refractivity contribution in [2.45, 2.75) is 57.8 Å². The highest BCUT2D eigenvalue weighted by Gasteiger charge is 2.28. The van der Waals surface area contributed by atoms with Crippen molar-refractivity contribution in [2.24, 2.45) is 0 Å². The molecule has 2 unspecified atom stereocenters. The SMILES string of the molecule is CC1CC(NC(=O)N(C)CC(C)(C)O)CCN1Cc1ccccc1. The van der Waals surface area contributed by atoms with Crippen molar-refractivity contribution in [1.29, 1.82) is 0 Å². The molecule has 2 N–H and O–H groups in total. The number of urea groups is 1. The summed E-state index contributed by atoms with van der Waals surface area (Å²) in [6.07, 6.45) is 1.91. The summed E-state index contributed by atoms with van der Waals surface area (Å²) in [5.74, 6) is 0. The van der Waals surface area contributed by atoms with Crippen molar-refractivity contribution in [1.82, 2.24) is 15.1 Å². The van der Waals surface area contributed by atoms with Gasteiger partial charge in [-0.15, -0.1) is 0 Å². The fourth-order valence-electron chi connectivity index (χ4n) is 3.34. The average Bonchev–Trinajstić information content (AvgIpc) is 2.49. The van der Waals surface area contributed by atoms with E-state index >= 15 is 0 Å². The number of carbonyl (C=O) groups is 1. The van der Waals surface area contributed by atoms with Gasteiger partial charge in [0.2, 0.25) is 0 Å². The number of benzene rings is 1. The number of likely N-dealkylation sites (tertiary alicyclic amines) is 1. The number of piperidine rings is 1. The van der Waals surface area contributed by atoms with Crippen LogP contribution in [0.15, 0.2) is 30.3 Å². The number of nitrogens with zero attached hydrogens (tertiary/aromatic N) is 2. The maximum atomic E-state index is 12.3. The molecule has 2 rings (SSSR count). The minimum Gasteiger partial charge on any atom is -0.389 e. The minimum absolute atomic E-state index is 0.106. The van der Waals surface area contributed by atoms with E-state index in [4.69, 9.17) is 0 Å². The molecule has 2 amide bonds. The highest BCUT2D eigenvalue weighted by atomic mass is 16.3. The van der Waals surface area contributed by atoms with Gasteiger partial charge in [0.05, 0.1) is 12.1 Å². The smallest absolute Gasteiger partial charge is 0.317 e. The number of hydrogen-bond donors (Lipinski definition) is 2. The Hall–Kier alpha value is -1.59. The van der Waals surface area contributed by atoms with Crippen molar-refractivity contribution in [3.63, 3.8) is 0 Å². The highest BCUT2D eigenvalue weighted by molar-refractivity contribution is 5.74. The molecule has 5 nitrogen and oxygen atoms in total. The van der Waals surface area contributed by atoms with Crippen LogP contribution < -0.4 is 5.32 Å². The lowest BCUT2D eigenvalue weighted by molar-refractivity contribution is 0.0516. The lowest BCUT2D eigenvalue weighted by Gasteiger charge is -2.38. The third kappa shape index (κ3) is 5.80. The molecular formula is C19H31N3O2. The molecule has 1 aliphatic heterocycles. The van der Waals surface area contributed by atoms with Gasteiger partial charge in [-0.2, -0.15) is 0 Å². The molecule has 1 saturated heterocycles. The quantitative estimate of drug-likeness (QED) is 0.870. The van der Waals surface area contributed by atoms with Crippen LogP contribution in [-0.4, -0.2) is 58.8 Å². The number of aliphatic hydroxyl groups is 1. The van der Waals surface area contributed by atoms with Gasteiger partial charge in [-0.1, -0.05) is 30.3 Å². The largest absolute Gasteiger partial charge is 0.389 e. The second kappa shape index (κ2) is 7.99. The molecule has 1 aromatic rings. The zero-order valence-corrected chi connectivity index (χ0v) is 15.3. The number of likely N-dealkylation sites (N-methyl/N-ethyl adjacent to an activating group) is 1. The van der Waals surface area contributed by atoms with Crippen molar-refractivity contribution in [3.05, 3.63) is 35.9 Å². The minimum atomic E-state index is -0.877. The molecule has 1 heterocycles. The predicted octanol–water partition coefficient (Wildman–Crippen LogP) is 2.45. The molecule has 24 heavy (non-hydrogen) atoms. The normalized spacial score (nSPS) is 22.2. The summed E-state index contributed by atoms with van der Waals surface area (Å²) in [4.78, 5) is 16.3. The number of carbonyl (C=O) groups excluding carboxylic acids is 1. The predicted molar refractivity (Wildman–Crippen MR) is 96.8 cm³/mol. The summed E-state index contributed by atoms with van der Waals surface area (Å²) in [5.41, 5.74) is 0.454. The highest BCUT2D eigenvalue weighted by Crippen LogP contribution is 2.20. The first-order valence-electron chi connectivity index (χ1n) is 8.76. The van der Waals surface area contributed by atoms with Crippen LogP contribution in [0.25, 0.3) is 0 Å². The van der Waals surface area contributed by atoms with Gasteiger partial charge in [0.1, 0.15) is 0 Å². The van der Waals surface area contributed by atoms with Crippen LogP contribution in [0.4, 0.5) is 4.79 Å². The lowest BCUT2D eigenvalue weighted by Crippen LogP contribution is -2.52. The number of amides is 2. The summed E-state index contributed by atoms with van der Waals surface area (Å²) in [7, 11) is 1.72. The molecular weight excluding hydrogens is 302 g/mol. The standard InChI is InChI=1S/C19H31N3O2/c1-15-12-17(20-18(23)21(4)14-19(2,3)24)10-11-22(15)13-16-8-6-5-7-9-16/h5-9,15,17,24H,10-14H2,1-4H3,(H,20,23). The van der Waals surface area contributed by atoms with Gasteiger partial charge in [-0.25, -0.2) is 4.79 Å². The molecule has 1 aromatic carbocycles. The molecule has 0 saturated carbocycles. The molecule has 0 spiro atoms. The van der Waals surface area contributed by atoms with Gasteiger partial charge in [0, 0.05) is 32.2 Å². The monoisotopic (exact) mass is 333 g/mol. The van der Waals surface area contributed by atoms with Gasteiger partial charge in [0.25, 0.3) is 0 Å². The molecule has 2 atom stereocenters. The fourth-order valence-corrected chi connectivity index (χ4v) is 3.34. The first kappa shape index (κ1) is 18.7. The van der Waals surface area contributed by atoms with Crippen molar-refractivity contribution >= 4 is 6.03 Å². The van der Waals surface area contributed by atoms with Gasteiger partial charge >= 0.3 is 6.03 Å². The van der Waals surface area contributed by atoms with Gasteiger partial charge < -0.3 is 15.3 Å². The third-order valence-electron chi connectivity index (χ3n) is 4.54. The zero-order chi connectivity index (χ0) is 17.7. The van der Waals surface area contributed by atoms with Crippen molar-refractivity contribution < 1.29 is 9.90 Å². The summed E-state index contributed by atoms with van der Waals surface area (Å²) < 4.78 is 0. The number of hydrogen-bond acceptors (Lipinski definition) is 3. The van der Waals surface area contributed by atoms with E-state index in [1.54, 1.807) is 25.8 Å². The van der Waals surface area contributed by atoms with Crippen LogP contribution >= 0.6 is 0 Å². The Balaban J connectivity index is 1.81. The van der Waals surface area contributed by atoms with E-state index < -0.39 is 5.60 Å². The third-order valence-corrected chi connectivity index (χ3v) is 4.54. The number of rotatable bonds is 5. The van der Waals surface area contributed by atoms with Gasteiger partial charge in [-0.05, 0) is 39.2 Å². The van der Waals surface area contributed by atoms with E-state index in [1.807, 2.05) is 6.07 Å². The Bertz CT molecular complexity index is 527. The molecule has 5 heteroatoms. The van der Waals surface area contributed by atoms with Crippen LogP contribution in [0.1, 0.15) is 39.2 Å². The Labute approximate surface area is 145 Å². The molecule has 134 valence electrons. The zero-order valence-electron chi connectivity index (χ0n) is 15.3. The van der Waals surface area contributed by atoms with E-state index in [9.17, 15) is 9.90 Å². The Morgan fingerprint density at radius 3 is 2.62 bits per heavy atom. The maximum Gasteiger partial charge on any atom is 0.317 e. The molecule has 0 radical (unpaired) electrons. The first-order chi connectivity index (χ1) is 11.2. The Kier molecular flexibility index (Phi) is 6.24. The molecule has 1 aliphatic rings. The molecule has 0 aromatic heterocycles. The summed E-state index contributed by atoms with van der Waals surface area (Å²) in [6, 6.07) is 11.0. The van der Waals surface area contributed by atoms with Crippen LogP contribution in [0, 0.1) is 0 Å². The summed E-state index contributed by atoms with van der Waals surface area (Å²) in [5, 5.41) is 12.9. The fraction of sp³-hybridized carbons (Fsp3) is 0.632. The molecule has 1 fully saturated rings. The van der Waals surface area contributed by atoms with Crippen LogP contribution in [0.5, 0.6) is 0 Å². The Morgan fingerprint density at radius 2 is 2.04 bits per heavy atom. The summed E-state index contributed by atoms with van der Waals surface area (Å²) in [6.45, 7) is 7.91. The van der Waals surface area contributed by atoms with E-state index in [0.29, 0.717) is 12.6 Å². The maximum absolute atomic E-state index is 12.3. The van der Waals surface area contributed by atoms with Gasteiger partial charge in [-0.3, -0.25) is 4.90 Å². The van der Waals surface area contributed by atoms with Crippen LogP contribution in [-0.2, 0) is 6.54 Å². The second-order valence-corrected chi connectivity index (χ2v) is 7.64. The molecule has 0 bridgehead atoms. The van der Waals surface area contributed by atoms with Crippen LogP contribution in [0.2, 0.25) is 0 Å². The van der Waals surface area contributed by atoms with E-state index in [-0.39, 0.29) is 12.1 Å². The topological polar surface area (TPSA) is 55.8 Å². The summed E-state index contributed by atoms with van der Waals surface area (Å²) >= 11 is 0. The molecule has 0 aliphatic carbocycles. The van der Waals surface area contributed by atoms with Crippen LogP contribution in [0.3, 0.4) is 0 Å². The lowest BCUT2D eigenvalue weighted by atomic mass is 9.97. The average molecular weight is 333 g/mol. The number of nitrogens with one attached hydrogen (secondary N) is 1. The first-order valence-corrected chi connectivity index (χ1v) is 8.76. The van der Waals surface area contributed by atoms with E-state index in [1.165, 1.54) is 5.56 Å².